The van der Waals surface area contributed by atoms with Crippen molar-refractivity contribution in [1.82, 2.24) is 40.4 Å². The Kier molecular flexibility index (Phi) is 13.1. The number of hydrogen-bond donors (Lipinski definition) is 4. The van der Waals surface area contributed by atoms with Gasteiger partial charge in [0.15, 0.2) is 0 Å². The summed E-state index contributed by atoms with van der Waals surface area (Å²) in [7, 11) is 2.56. The third kappa shape index (κ3) is 9.59. The summed E-state index contributed by atoms with van der Waals surface area (Å²) in [5, 5.41) is 7.56. The molecule has 14 heteroatoms. The van der Waals surface area contributed by atoms with Crippen LogP contribution in [0.2, 0.25) is 0 Å². The maximum atomic E-state index is 13.9. The average molecular weight is 825 g/mol. The summed E-state index contributed by atoms with van der Waals surface area (Å²) >= 11 is 0. The van der Waals surface area contributed by atoms with E-state index in [9.17, 15) is 19.2 Å². The summed E-state index contributed by atoms with van der Waals surface area (Å²) in [6.45, 7) is 7.14. The van der Waals surface area contributed by atoms with Crippen molar-refractivity contribution in [3.63, 3.8) is 0 Å². The minimum Gasteiger partial charge on any atom is -0.453 e. The van der Waals surface area contributed by atoms with Crippen molar-refractivity contribution in [3.05, 3.63) is 121 Å². The van der Waals surface area contributed by atoms with E-state index in [4.69, 9.17) is 14.5 Å². The van der Waals surface area contributed by atoms with Gasteiger partial charge in [0.05, 0.1) is 50.6 Å². The first-order chi connectivity index (χ1) is 29.6. The molecule has 3 atom stereocenters. The van der Waals surface area contributed by atoms with Crippen LogP contribution in [0.5, 0.6) is 0 Å². The number of aromatic amines is 2. The number of amides is 4. The molecule has 1 aliphatic heterocycles. The van der Waals surface area contributed by atoms with Crippen molar-refractivity contribution in [1.29, 1.82) is 0 Å². The number of hydrogen-bond acceptors (Lipinski definition) is 8. The standard InChI is InChI=1S/C47H52N8O6/c1-6-22-54(44(56)41(29(2)3)52-46(58)60-4)28-40-48-26-37(50-40)31-16-14-30(15-17-31)33-18-19-35-25-36(21-20-34(35)24-33)38-27-49-43(51-38)39-13-10-23-55(39)45(57)42(53-47(59)61-5)32-11-8-7-9-12-32/h7-9,11-12,14-21,24-27,29,39,41-42H,6,10,13,22-23,28H2,1-5H3,(H,48,50)(H,49,51)(H,52,58)(H,53,59). The van der Waals surface area contributed by atoms with Crippen LogP contribution >= 0.6 is 0 Å². The number of imidazole rings is 2. The molecule has 61 heavy (non-hydrogen) atoms. The number of ether oxygens (including phenoxy) is 2. The number of aromatic nitrogens is 4. The number of carbonyl (C=O) groups is 4. The van der Waals surface area contributed by atoms with Gasteiger partial charge >= 0.3 is 12.2 Å². The fourth-order valence-electron chi connectivity index (χ4n) is 7.88. The lowest BCUT2D eigenvalue weighted by atomic mass is 9.98. The molecule has 0 saturated carbocycles. The van der Waals surface area contributed by atoms with E-state index in [1.54, 1.807) is 16.0 Å². The summed E-state index contributed by atoms with van der Waals surface area (Å²) in [6.07, 6.45) is 4.60. The number of benzene rings is 4. The molecular formula is C47H52N8O6. The highest BCUT2D eigenvalue weighted by Crippen LogP contribution is 2.35. The highest BCUT2D eigenvalue weighted by molar-refractivity contribution is 5.91. The second kappa shape index (κ2) is 19.0. The van der Waals surface area contributed by atoms with Gasteiger partial charge in [-0.05, 0) is 70.3 Å². The molecule has 1 fully saturated rings. The van der Waals surface area contributed by atoms with Crippen LogP contribution in [0.4, 0.5) is 9.59 Å². The van der Waals surface area contributed by atoms with Crippen molar-refractivity contribution < 1.29 is 28.7 Å². The van der Waals surface area contributed by atoms with Gasteiger partial charge in [-0.3, -0.25) is 9.59 Å². The molecule has 0 spiro atoms. The minimum absolute atomic E-state index is 0.123. The molecule has 0 radical (unpaired) electrons. The molecule has 14 nitrogen and oxygen atoms in total. The van der Waals surface area contributed by atoms with Gasteiger partial charge in [0.25, 0.3) is 5.91 Å². The fourth-order valence-corrected chi connectivity index (χ4v) is 7.88. The predicted molar refractivity (Wildman–Crippen MR) is 233 cm³/mol. The number of H-pyrrole nitrogens is 2. The first-order valence-electron chi connectivity index (χ1n) is 20.6. The number of fused-ring (bicyclic) bond motifs is 1. The molecule has 1 aliphatic rings. The smallest absolute Gasteiger partial charge is 0.407 e. The molecule has 4 aromatic carbocycles. The molecule has 4 N–H and O–H groups in total. The molecule has 2 aromatic heterocycles. The lowest BCUT2D eigenvalue weighted by Crippen LogP contribution is -2.51. The summed E-state index contributed by atoms with van der Waals surface area (Å²) in [4.78, 5) is 71.3. The van der Waals surface area contributed by atoms with Crippen molar-refractivity contribution >= 4 is 34.8 Å². The predicted octanol–water partition coefficient (Wildman–Crippen LogP) is 8.17. The molecule has 6 aromatic rings. The molecule has 4 amide bonds. The molecule has 7 rings (SSSR count). The van der Waals surface area contributed by atoms with E-state index in [1.807, 2.05) is 57.3 Å². The Morgan fingerprint density at radius 1 is 0.787 bits per heavy atom. The zero-order valence-corrected chi connectivity index (χ0v) is 35.1. The number of rotatable bonds is 14. The first kappa shape index (κ1) is 42.2. The van der Waals surface area contributed by atoms with E-state index in [1.165, 1.54) is 14.2 Å². The second-order valence-corrected chi connectivity index (χ2v) is 15.6. The third-order valence-corrected chi connectivity index (χ3v) is 11.1. The van der Waals surface area contributed by atoms with Gasteiger partial charge in [-0.1, -0.05) is 99.6 Å². The van der Waals surface area contributed by atoms with Crippen LogP contribution in [0.3, 0.4) is 0 Å². The second-order valence-electron chi connectivity index (χ2n) is 15.6. The van der Waals surface area contributed by atoms with Crippen LogP contribution in [0.25, 0.3) is 44.4 Å². The summed E-state index contributed by atoms with van der Waals surface area (Å²) in [5.41, 5.74) is 6.46. The number of nitrogens with one attached hydrogen (secondary N) is 4. The summed E-state index contributed by atoms with van der Waals surface area (Å²) in [5.74, 6) is 0.838. The van der Waals surface area contributed by atoms with Gasteiger partial charge in [0.1, 0.15) is 23.7 Å². The number of alkyl carbamates (subject to hydrolysis) is 2. The Hall–Kier alpha value is -6.96. The Labute approximate surface area is 355 Å². The summed E-state index contributed by atoms with van der Waals surface area (Å²) < 4.78 is 9.59. The molecular weight excluding hydrogens is 773 g/mol. The van der Waals surface area contributed by atoms with E-state index in [2.05, 4.69) is 86.2 Å². The maximum absolute atomic E-state index is 13.9. The van der Waals surface area contributed by atoms with E-state index in [0.717, 1.165) is 63.7 Å². The molecule has 1 saturated heterocycles. The zero-order valence-electron chi connectivity index (χ0n) is 35.1. The largest absolute Gasteiger partial charge is 0.453 e. The topological polar surface area (TPSA) is 175 Å². The fraction of sp³-hybridized carbons (Fsp3) is 0.319. The van der Waals surface area contributed by atoms with Gasteiger partial charge in [-0.25, -0.2) is 19.6 Å². The van der Waals surface area contributed by atoms with Gasteiger partial charge in [-0.2, -0.15) is 0 Å². The normalized spacial score (nSPS) is 14.7. The summed E-state index contributed by atoms with van der Waals surface area (Å²) in [6, 6.07) is 28.3. The monoisotopic (exact) mass is 824 g/mol. The minimum atomic E-state index is -0.882. The highest BCUT2D eigenvalue weighted by Gasteiger charge is 2.37. The van der Waals surface area contributed by atoms with E-state index in [-0.39, 0.29) is 30.3 Å². The molecule has 316 valence electrons. The van der Waals surface area contributed by atoms with Crippen molar-refractivity contribution in [2.75, 3.05) is 27.3 Å². The molecule has 0 bridgehead atoms. The van der Waals surface area contributed by atoms with E-state index in [0.29, 0.717) is 30.3 Å². The van der Waals surface area contributed by atoms with Crippen molar-refractivity contribution in [2.45, 2.75) is 64.7 Å². The number of carbonyl (C=O) groups excluding carboxylic acids is 4. The van der Waals surface area contributed by atoms with Crippen LogP contribution in [-0.4, -0.2) is 87.1 Å². The lowest BCUT2D eigenvalue weighted by molar-refractivity contribution is -0.135. The van der Waals surface area contributed by atoms with Gasteiger partial charge in [-0.15, -0.1) is 0 Å². The van der Waals surface area contributed by atoms with E-state index >= 15 is 0 Å². The van der Waals surface area contributed by atoms with Crippen molar-refractivity contribution in [2.24, 2.45) is 5.92 Å². The van der Waals surface area contributed by atoms with Gasteiger partial charge in [0.2, 0.25) is 5.91 Å². The maximum Gasteiger partial charge on any atom is 0.407 e. The average Bonchev–Trinajstić information content (AvgIpc) is 4.09. The number of likely N-dealkylation sites (tertiary alicyclic amines) is 1. The molecule has 3 unspecified atom stereocenters. The Balaban J connectivity index is 1.02. The van der Waals surface area contributed by atoms with Gasteiger partial charge in [0, 0.05) is 18.7 Å². The Bertz CT molecular complexity index is 2480. The number of methoxy groups -OCH3 is 2. The zero-order chi connectivity index (χ0) is 43.0. The quantitative estimate of drug-likeness (QED) is 0.0851. The van der Waals surface area contributed by atoms with Crippen molar-refractivity contribution in [3.8, 4) is 33.6 Å². The third-order valence-electron chi connectivity index (χ3n) is 11.1. The Morgan fingerprint density at radius 3 is 2.10 bits per heavy atom. The SMILES string of the molecule is CCCN(Cc1ncc(-c2ccc(-c3ccc4cc(-c5cnc(C6CCCN6C(=O)C(NC(=O)OC)c6ccccc6)[nH]5)ccc4c3)cc2)[nH]1)C(=O)C(NC(=O)OC)C(C)C. The number of nitrogens with zero attached hydrogens (tertiary/aromatic N) is 4. The van der Waals surface area contributed by atoms with Crippen LogP contribution in [-0.2, 0) is 25.6 Å². The Morgan fingerprint density at radius 2 is 1.41 bits per heavy atom. The van der Waals surface area contributed by atoms with Crippen LogP contribution < -0.4 is 10.6 Å². The highest BCUT2D eigenvalue weighted by atomic mass is 16.5. The molecule has 0 aliphatic carbocycles. The van der Waals surface area contributed by atoms with E-state index < -0.39 is 24.3 Å². The lowest BCUT2D eigenvalue weighted by Gasteiger charge is -2.28. The first-order valence-corrected chi connectivity index (χ1v) is 20.6. The van der Waals surface area contributed by atoms with Crippen LogP contribution in [0.15, 0.2) is 103 Å². The van der Waals surface area contributed by atoms with Crippen LogP contribution in [0, 0.1) is 5.92 Å². The van der Waals surface area contributed by atoms with Crippen LogP contribution in [0.1, 0.15) is 69.3 Å². The molecule has 3 heterocycles. The van der Waals surface area contributed by atoms with Gasteiger partial charge < -0.3 is 39.9 Å².